The second-order valence-corrected chi connectivity index (χ2v) is 8.28. The highest BCUT2D eigenvalue weighted by molar-refractivity contribution is 7.10. The van der Waals surface area contributed by atoms with Crippen LogP contribution >= 0.6 is 11.3 Å². The third-order valence-electron chi connectivity index (χ3n) is 5.30. The van der Waals surface area contributed by atoms with Gasteiger partial charge in [0.1, 0.15) is 5.82 Å². The number of H-pyrrole nitrogens is 1. The zero-order chi connectivity index (χ0) is 21.9. The maximum Gasteiger partial charge on any atom is 0.258 e. The van der Waals surface area contributed by atoms with Crippen molar-refractivity contribution in [2.45, 2.75) is 25.2 Å². The second-order valence-electron chi connectivity index (χ2n) is 7.42. The fourth-order valence-electron chi connectivity index (χ4n) is 3.36. The Hall–Kier alpha value is -3.90. The normalized spacial score (nSPS) is 13.2. The first-order valence-electron chi connectivity index (χ1n) is 10.1. The predicted octanol–water partition coefficient (Wildman–Crippen LogP) is 4.38. The summed E-state index contributed by atoms with van der Waals surface area (Å²) < 4.78 is 14.5. The van der Waals surface area contributed by atoms with Crippen LogP contribution in [0.1, 0.15) is 51.8 Å². The fraction of sp³-hybridized carbons (Fsp3) is 0.174. The van der Waals surface area contributed by atoms with Crippen LogP contribution in [-0.2, 0) is 0 Å². The van der Waals surface area contributed by atoms with Crippen LogP contribution in [0.4, 0.5) is 10.1 Å². The molecule has 1 amide bonds. The van der Waals surface area contributed by atoms with Crippen molar-refractivity contribution in [1.82, 2.24) is 25.6 Å². The molecule has 0 saturated heterocycles. The molecule has 9 heteroatoms. The lowest BCUT2D eigenvalue weighted by Gasteiger charge is -2.22. The van der Waals surface area contributed by atoms with Gasteiger partial charge in [0.05, 0.1) is 11.3 Å². The molecule has 2 heterocycles. The Morgan fingerprint density at radius 3 is 2.84 bits per heavy atom. The molecule has 0 unspecified atom stereocenters. The SMILES string of the molecule is O=C(Nc1cccc(C#Cc2nc(C3CCC3)cs2)c1)c1ccc(-c2nn[nH]n2)cc1F. The molecule has 32 heavy (non-hydrogen) atoms. The number of thiazole rings is 1. The van der Waals surface area contributed by atoms with Crippen LogP contribution in [0.2, 0.25) is 0 Å². The molecule has 2 N–H and O–H groups in total. The summed E-state index contributed by atoms with van der Waals surface area (Å²) >= 11 is 1.55. The number of tetrazole rings is 1. The third-order valence-corrected chi connectivity index (χ3v) is 6.07. The van der Waals surface area contributed by atoms with E-state index in [1.807, 2.05) is 6.07 Å². The number of hydrogen-bond acceptors (Lipinski definition) is 6. The monoisotopic (exact) mass is 444 g/mol. The number of aromatic amines is 1. The summed E-state index contributed by atoms with van der Waals surface area (Å²) in [5.41, 5.74) is 2.74. The summed E-state index contributed by atoms with van der Waals surface area (Å²) in [5.74, 6) is 5.78. The molecule has 1 saturated carbocycles. The predicted molar refractivity (Wildman–Crippen MR) is 119 cm³/mol. The van der Waals surface area contributed by atoms with Crippen LogP contribution in [0.25, 0.3) is 11.4 Å². The number of nitrogens with zero attached hydrogens (tertiary/aromatic N) is 4. The number of carbonyl (C=O) groups is 1. The van der Waals surface area contributed by atoms with E-state index < -0.39 is 11.7 Å². The first-order valence-corrected chi connectivity index (χ1v) is 11.0. The lowest BCUT2D eigenvalue weighted by atomic mass is 9.83. The average molecular weight is 444 g/mol. The molecule has 7 nitrogen and oxygen atoms in total. The standard InChI is InChI=1S/C23H17FN6OS/c24-19-12-16(22-27-29-30-28-22)8-9-18(19)23(31)25-17-6-1-3-14(11-17)7-10-21-26-20(13-32-21)15-4-2-5-15/h1,3,6,8-9,11-13,15H,2,4-5H2,(H,25,31)(H,27,28,29,30). The highest BCUT2D eigenvalue weighted by Gasteiger charge is 2.21. The van der Waals surface area contributed by atoms with Crippen LogP contribution in [0, 0.1) is 17.7 Å². The fourth-order valence-corrected chi connectivity index (χ4v) is 4.10. The minimum atomic E-state index is -0.674. The van der Waals surface area contributed by atoms with Gasteiger partial charge < -0.3 is 5.32 Å². The Morgan fingerprint density at radius 2 is 2.09 bits per heavy atom. The number of benzene rings is 2. The molecule has 2 aromatic carbocycles. The van der Waals surface area contributed by atoms with Gasteiger partial charge in [0.15, 0.2) is 5.01 Å². The number of amides is 1. The summed E-state index contributed by atoms with van der Waals surface area (Å²) in [6.07, 6.45) is 3.69. The van der Waals surface area contributed by atoms with E-state index in [0.29, 0.717) is 17.2 Å². The second kappa shape index (κ2) is 8.69. The molecule has 1 aliphatic carbocycles. The Morgan fingerprint density at radius 1 is 1.19 bits per heavy atom. The van der Waals surface area contributed by atoms with Gasteiger partial charge in [-0.15, -0.1) is 21.5 Å². The van der Waals surface area contributed by atoms with Crippen LogP contribution in [0.5, 0.6) is 0 Å². The Balaban J connectivity index is 1.29. The van der Waals surface area contributed by atoms with Crippen LogP contribution in [-0.4, -0.2) is 31.5 Å². The van der Waals surface area contributed by atoms with Crippen molar-refractivity contribution in [2.75, 3.05) is 5.32 Å². The molecule has 0 radical (unpaired) electrons. The number of carbonyl (C=O) groups excluding carboxylic acids is 1. The van der Waals surface area contributed by atoms with Gasteiger partial charge in [-0.25, -0.2) is 9.37 Å². The number of halogens is 1. The van der Waals surface area contributed by atoms with E-state index in [-0.39, 0.29) is 11.4 Å². The molecule has 0 atom stereocenters. The average Bonchev–Trinajstić information content (AvgIpc) is 3.44. The number of hydrogen-bond donors (Lipinski definition) is 2. The van der Waals surface area contributed by atoms with Crippen LogP contribution < -0.4 is 5.32 Å². The molecular formula is C23H17FN6OS. The summed E-state index contributed by atoms with van der Waals surface area (Å²) in [4.78, 5) is 17.2. The van der Waals surface area contributed by atoms with Crippen LogP contribution in [0.15, 0.2) is 47.8 Å². The maximum absolute atomic E-state index is 14.5. The Kier molecular flexibility index (Phi) is 5.44. The molecule has 1 fully saturated rings. The molecule has 1 aliphatic rings. The number of aromatic nitrogens is 5. The highest BCUT2D eigenvalue weighted by Crippen LogP contribution is 2.36. The van der Waals surface area contributed by atoms with E-state index in [1.165, 1.54) is 31.4 Å². The lowest BCUT2D eigenvalue weighted by Crippen LogP contribution is -2.13. The molecule has 0 aliphatic heterocycles. The molecule has 5 rings (SSSR count). The number of rotatable bonds is 4. The Bertz CT molecular complexity index is 1330. The van der Waals surface area contributed by atoms with Crippen molar-refractivity contribution in [3.8, 4) is 23.2 Å². The number of nitrogens with one attached hydrogen (secondary N) is 2. The highest BCUT2D eigenvalue weighted by atomic mass is 32.1. The summed E-state index contributed by atoms with van der Waals surface area (Å²) in [7, 11) is 0. The smallest absolute Gasteiger partial charge is 0.258 e. The van der Waals surface area contributed by atoms with E-state index in [1.54, 1.807) is 35.6 Å². The first kappa shape index (κ1) is 20.0. The van der Waals surface area contributed by atoms with Crippen molar-refractivity contribution in [1.29, 1.82) is 0 Å². The van der Waals surface area contributed by atoms with Gasteiger partial charge in [0.2, 0.25) is 5.82 Å². The van der Waals surface area contributed by atoms with Gasteiger partial charge >= 0.3 is 0 Å². The number of anilines is 1. The van der Waals surface area contributed by atoms with Gasteiger partial charge in [-0.05, 0) is 54.3 Å². The van der Waals surface area contributed by atoms with Crippen LogP contribution in [0.3, 0.4) is 0 Å². The molecule has 4 aromatic rings. The minimum Gasteiger partial charge on any atom is -0.322 e. The van der Waals surface area contributed by atoms with E-state index >= 15 is 0 Å². The quantitative estimate of drug-likeness (QED) is 0.455. The summed E-state index contributed by atoms with van der Waals surface area (Å²) in [5, 5.41) is 19.0. The van der Waals surface area contributed by atoms with Gasteiger partial charge in [0.25, 0.3) is 5.91 Å². The first-order chi connectivity index (χ1) is 15.7. The van der Waals surface area contributed by atoms with Gasteiger partial charge in [0, 0.05) is 28.1 Å². The largest absolute Gasteiger partial charge is 0.322 e. The van der Waals surface area contributed by atoms with Gasteiger partial charge in [-0.2, -0.15) is 5.21 Å². The Labute approximate surface area is 187 Å². The summed E-state index contributed by atoms with van der Waals surface area (Å²) in [6.45, 7) is 0. The summed E-state index contributed by atoms with van der Waals surface area (Å²) in [6, 6.07) is 11.3. The zero-order valence-electron chi connectivity index (χ0n) is 16.8. The minimum absolute atomic E-state index is 0.0833. The van der Waals surface area contributed by atoms with Gasteiger partial charge in [-0.3, -0.25) is 4.79 Å². The van der Waals surface area contributed by atoms with Crippen molar-refractivity contribution in [3.05, 3.63) is 75.5 Å². The van der Waals surface area contributed by atoms with E-state index in [4.69, 9.17) is 0 Å². The van der Waals surface area contributed by atoms with Crippen molar-refractivity contribution >= 4 is 22.9 Å². The van der Waals surface area contributed by atoms with E-state index in [0.717, 1.165) is 16.3 Å². The van der Waals surface area contributed by atoms with E-state index in [2.05, 4.69) is 48.1 Å². The molecule has 0 bridgehead atoms. The van der Waals surface area contributed by atoms with Crippen molar-refractivity contribution in [2.24, 2.45) is 0 Å². The van der Waals surface area contributed by atoms with Crippen molar-refractivity contribution < 1.29 is 9.18 Å². The van der Waals surface area contributed by atoms with Crippen molar-refractivity contribution in [3.63, 3.8) is 0 Å². The van der Waals surface area contributed by atoms with E-state index in [9.17, 15) is 9.18 Å². The van der Waals surface area contributed by atoms with Gasteiger partial charge in [-0.1, -0.05) is 24.5 Å². The maximum atomic E-state index is 14.5. The lowest BCUT2D eigenvalue weighted by molar-refractivity contribution is 0.102. The molecular weight excluding hydrogens is 427 g/mol. The topological polar surface area (TPSA) is 96.5 Å². The molecule has 0 spiro atoms. The zero-order valence-corrected chi connectivity index (χ0v) is 17.6. The molecule has 158 valence electrons. The molecule has 2 aromatic heterocycles. The third kappa shape index (κ3) is 4.26.